The fourth-order valence-electron chi connectivity index (χ4n) is 3.58. The molecule has 3 rings (SSSR count). The van der Waals surface area contributed by atoms with Crippen molar-refractivity contribution >= 4 is 23.8 Å². The Morgan fingerprint density at radius 2 is 1.48 bits per heavy atom. The minimum Gasteiger partial charge on any atom is -0.354 e. The van der Waals surface area contributed by atoms with Gasteiger partial charge in [-0.3, -0.25) is 19.3 Å². The second-order valence-electron chi connectivity index (χ2n) is 7.31. The number of hydrogen-bond donors (Lipinski definition) is 3. The average Bonchev–Trinajstić information content (AvgIpc) is 3.03. The van der Waals surface area contributed by atoms with Crippen LogP contribution in [0.15, 0.2) is 60.7 Å². The molecule has 162 valence electrons. The largest absolute Gasteiger partial charge is 0.354 e. The lowest BCUT2D eigenvalue weighted by Crippen LogP contribution is -2.45. The normalized spacial score (nSPS) is 17.9. The van der Waals surface area contributed by atoms with Crippen LogP contribution in [0.3, 0.4) is 0 Å². The maximum Gasteiger partial charge on any atom is 0.325 e. The molecule has 1 fully saturated rings. The van der Waals surface area contributed by atoms with Gasteiger partial charge >= 0.3 is 6.03 Å². The van der Waals surface area contributed by atoms with E-state index in [0.29, 0.717) is 12.0 Å². The molecule has 1 saturated heterocycles. The summed E-state index contributed by atoms with van der Waals surface area (Å²) >= 11 is 0. The van der Waals surface area contributed by atoms with Crippen molar-refractivity contribution < 1.29 is 19.2 Å². The Hall–Kier alpha value is -3.68. The minimum absolute atomic E-state index is 0.148. The highest BCUT2D eigenvalue weighted by molar-refractivity contribution is 6.09. The second-order valence-corrected chi connectivity index (χ2v) is 7.31. The molecule has 3 N–H and O–H groups in total. The maximum atomic E-state index is 13.0. The first-order valence-electron chi connectivity index (χ1n) is 10.2. The van der Waals surface area contributed by atoms with Crippen LogP contribution in [-0.2, 0) is 26.3 Å². The molecule has 1 aliphatic heterocycles. The number of urea groups is 1. The Bertz CT molecular complexity index is 949. The van der Waals surface area contributed by atoms with E-state index in [1.165, 1.54) is 0 Å². The van der Waals surface area contributed by atoms with Crippen molar-refractivity contribution in [2.24, 2.45) is 0 Å². The van der Waals surface area contributed by atoms with E-state index >= 15 is 0 Å². The molecule has 1 aliphatic rings. The number of nitrogens with zero attached hydrogens (tertiary/aromatic N) is 1. The van der Waals surface area contributed by atoms with Gasteiger partial charge in [0.2, 0.25) is 11.8 Å². The van der Waals surface area contributed by atoms with Crippen LogP contribution in [0.4, 0.5) is 4.79 Å². The SMILES string of the molecule is CCC1(c2ccccc2)NC(=O)N(CC(=O)NCCNC(=O)Cc2ccccc2)C1=O. The van der Waals surface area contributed by atoms with Crippen LogP contribution in [0.1, 0.15) is 24.5 Å². The third-order valence-corrected chi connectivity index (χ3v) is 5.25. The van der Waals surface area contributed by atoms with Gasteiger partial charge in [-0.1, -0.05) is 67.6 Å². The summed E-state index contributed by atoms with van der Waals surface area (Å²) in [5.74, 6) is -1.07. The van der Waals surface area contributed by atoms with Crippen molar-refractivity contribution in [2.75, 3.05) is 19.6 Å². The summed E-state index contributed by atoms with van der Waals surface area (Å²) in [6, 6.07) is 17.7. The lowest BCUT2D eigenvalue weighted by atomic mass is 9.87. The molecule has 1 unspecified atom stereocenters. The molecule has 0 aromatic heterocycles. The fourth-order valence-corrected chi connectivity index (χ4v) is 3.58. The van der Waals surface area contributed by atoms with Crippen molar-refractivity contribution in [1.29, 1.82) is 0 Å². The van der Waals surface area contributed by atoms with E-state index in [-0.39, 0.29) is 32.0 Å². The summed E-state index contributed by atoms with van der Waals surface area (Å²) < 4.78 is 0. The van der Waals surface area contributed by atoms with E-state index in [9.17, 15) is 19.2 Å². The molecule has 0 saturated carbocycles. The van der Waals surface area contributed by atoms with Crippen molar-refractivity contribution in [2.45, 2.75) is 25.3 Å². The van der Waals surface area contributed by atoms with Crippen LogP contribution >= 0.6 is 0 Å². The molecule has 2 aromatic rings. The zero-order valence-electron chi connectivity index (χ0n) is 17.4. The fraction of sp³-hybridized carbons (Fsp3) is 0.304. The molecule has 0 spiro atoms. The molecule has 0 bridgehead atoms. The first-order chi connectivity index (χ1) is 15.0. The molecule has 0 radical (unpaired) electrons. The molecule has 1 heterocycles. The van der Waals surface area contributed by atoms with E-state index in [2.05, 4.69) is 16.0 Å². The van der Waals surface area contributed by atoms with Gasteiger partial charge in [-0.25, -0.2) is 4.79 Å². The lowest BCUT2D eigenvalue weighted by Gasteiger charge is -2.25. The van der Waals surface area contributed by atoms with Gasteiger partial charge < -0.3 is 16.0 Å². The van der Waals surface area contributed by atoms with Gasteiger partial charge in [0.25, 0.3) is 5.91 Å². The van der Waals surface area contributed by atoms with Gasteiger partial charge in [-0.05, 0) is 17.5 Å². The number of amides is 5. The van der Waals surface area contributed by atoms with Crippen LogP contribution in [0, 0.1) is 0 Å². The van der Waals surface area contributed by atoms with Crippen LogP contribution in [0.5, 0.6) is 0 Å². The van der Waals surface area contributed by atoms with E-state index in [1.807, 2.05) is 43.3 Å². The van der Waals surface area contributed by atoms with Crippen molar-refractivity contribution in [3.05, 3.63) is 71.8 Å². The van der Waals surface area contributed by atoms with Gasteiger partial charge in [-0.15, -0.1) is 0 Å². The Kier molecular flexibility index (Phi) is 7.02. The first-order valence-corrected chi connectivity index (χ1v) is 10.2. The number of benzene rings is 2. The quantitative estimate of drug-likeness (QED) is 0.418. The zero-order chi connectivity index (χ0) is 22.3. The average molecular weight is 422 g/mol. The van der Waals surface area contributed by atoms with Crippen LogP contribution in [0.25, 0.3) is 0 Å². The van der Waals surface area contributed by atoms with Crippen molar-refractivity contribution in [1.82, 2.24) is 20.9 Å². The highest BCUT2D eigenvalue weighted by Crippen LogP contribution is 2.32. The molecule has 5 amide bonds. The summed E-state index contributed by atoms with van der Waals surface area (Å²) in [6.45, 7) is 1.88. The first kappa shape index (κ1) is 22.0. The molecule has 31 heavy (non-hydrogen) atoms. The molecule has 2 aromatic carbocycles. The topological polar surface area (TPSA) is 108 Å². The number of rotatable bonds is 9. The maximum absolute atomic E-state index is 13.0. The van der Waals surface area contributed by atoms with Gasteiger partial charge in [0.15, 0.2) is 0 Å². The second kappa shape index (κ2) is 9.88. The van der Waals surface area contributed by atoms with Crippen LogP contribution < -0.4 is 16.0 Å². The zero-order valence-corrected chi connectivity index (χ0v) is 17.4. The summed E-state index contributed by atoms with van der Waals surface area (Å²) in [6.07, 6.45) is 0.628. The van der Waals surface area contributed by atoms with Gasteiger partial charge in [0, 0.05) is 13.1 Å². The number of hydrogen-bond acceptors (Lipinski definition) is 4. The van der Waals surface area contributed by atoms with E-state index < -0.39 is 23.4 Å². The number of carbonyl (C=O) groups excluding carboxylic acids is 4. The lowest BCUT2D eigenvalue weighted by molar-refractivity contribution is -0.135. The molecule has 1 atom stereocenters. The minimum atomic E-state index is -1.16. The van der Waals surface area contributed by atoms with Crippen LogP contribution in [-0.4, -0.2) is 48.3 Å². The van der Waals surface area contributed by atoms with Gasteiger partial charge in [0.05, 0.1) is 6.42 Å². The smallest absolute Gasteiger partial charge is 0.325 e. The van der Waals surface area contributed by atoms with E-state index in [4.69, 9.17) is 0 Å². The Morgan fingerprint density at radius 1 is 0.903 bits per heavy atom. The van der Waals surface area contributed by atoms with Crippen molar-refractivity contribution in [3.8, 4) is 0 Å². The standard InChI is InChI=1S/C23H26N4O4/c1-2-23(18-11-7-4-8-12-18)21(30)27(22(31)26-23)16-20(29)25-14-13-24-19(28)15-17-9-5-3-6-10-17/h3-12H,2,13-16H2,1H3,(H,24,28)(H,25,29)(H,26,31). The summed E-state index contributed by atoms with van der Waals surface area (Å²) in [5, 5.41) is 8.10. The molecule has 8 heteroatoms. The Labute approximate surface area is 181 Å². The highest BCUT2D eigenvalue weighted by atomic mass is 16.2. The molecule has 8 nitrogen and oxygen atoms in total. The molecular weight excluding hydrogens is 396 g/mol. The predicted molar refractivity (Wildman–Crippen MR) is 115 cm³/mol. The third kappa shape index (κ3) is 5.09. The third-order valence-electron chi connectivity index (χ3n) is 5.25. The van der Waals surface area contributed by atoms with E-state index in [0.717, 1.165) is 10.5 Å². The monoisotopic (exact) mass is 422 g/mol. The van der Waals surface area contributed by atoms with Crippen LogP contribution in [0.2, 0.25) is 0 Å². The Balaban J connectivity index is 1.47. The van der Waals surface area contributed by atoms with Gasteiger partial charge in [-0.2, -0.15) is 0 Å². The van der Waals surface area contributed by atoms with Gasteiger partial charge in [0.1, 0.15) is 12.1 Å². The number of nitrogens with one attached hydrogen (secondary N) is 3. The summed E-state index contributed by atoms with van der Waals surface area (Å²) in [4.78, 5) is 50.5. The highest BCUT2D eigenvalue weighted by Gasteiger charge is 2.51. The number of carbonyl (C=O) groups is 4. The summed E-state index contributed by atoms with van der Waals surface area (Å²) in [7, 11) is 0. The Morgan fingerprint density at radius 3 is 2.10 bits per heavy atom. The van der Waals surface area contributed by atoms with Crippen molar-refractivity contribution in [3.63, 3.8) is 0 Å². The predicted octanol–water partition coefficient (Wildman–Crippen LogP) is 1.32. The molecule has 0 aliphatic carbocycles. The summed E-state index contributed by atoms with van der Waals surface area (Å²) in [5.41, 5.74) is 0.421. The number of imide groups is 1. The van der Waals surface area contributed by atoms with E-state index in [1.54, 1.807) is 24.3 Å². The molecular formula is C23H26N4O4.